The van der Waals surface area contributed by atoms with Crippen LogP contribution in [0.4, 0.5) is 5.69 Å². The average molecular weight is 407 g/mol. The number of amides is 2. The van der Waals surface area contributed by atoms with E-state index in [-0.39, 0.29) is 18.5 Å². The number of hydrogen-bond donors (Lipinski definition) is 1. The van der Waals surface area contributed by atoms with Gasteiger partial charge < -0.3 is 15.4 Å². The third-order valence-corrected chi connectivity index (χ3v) is 4.37. The SMILES string of the molecule is Cc1c(C(=O)OCC(=O)N(CCC(N)=O)c2ccccc2)cnn1-c1ccccn1. The van der Waals surface area contributed by atoms with Gasteiger partial charge in [0.25, 0.3) is 5.91 Å². The van der Waals surface area contributed by atoms with Crippen molar-refractivity contribution < 1.29 is 19.1 Å². The summed E-state index contributed by atoms with van der Waals surface area (Å²) in [6.07, 6.45) is 2.99. The van der Waals surface area contributed by atoms with Crippen LogP contribution in [0.2, 0.25) is 0 Å². The van der Waals surface area contributed by atoms with Crippen LogP contribution in [0, 0.1) is 6.92 Å². The number of hydrogen-bond acceptors (Lipinski definition) is 6. The molecule has 1 aromatic carbocycles. The predicted octanol–water partition coefficient (Wildman–Crippen LogP) is 1.64. The first-order valence-electron chi connectivity index (χ1n) is 9.24. The summed E-state index contributed by atoms with van der Waals surface area (Å²) in [6.45, 7) is 1.32. The van der Waals surface area contributed by atoms with Gasteiger partial charge in [0.1, 0.15) is 5.56 Å². The molecular weight excluding hydrogens is 386 g/mol. The Bertz CT molecular complexity index is 1030. The number of nitrogens with zero attached hydrogens (tertiary/aromatic N) is 4. The number of nitrogens with two attached hydrogens (primary N) is 1. The highest BCUT2D eigenvalue weighted by atomic mass is 16.5. The molecule has 0 bridgehead atoms. The number of esters is 1. The van der Waals surface area contributed by atoms with Gasteiger partial charge in [0.2, 0.25) is 5.91 Å². The van der Waals surface area contributed by atoms with Gasteiger partial charge in [-0.25, -0.2) is 14.5 Å². The Kier molecular flexibility index (Phi) is 6.53. The maximum absolute atomic E-state index is 12.7. The number of ether oxygens (including phenoxy) is 1. The number of carbonyl (C=O) groups is 3. The normalized spacial score (nSPS) is 10.4. The summed E-state index contributed by atoms with van der Waals surface area (Å²) < 4.78 is 6.72. The largest absolute Gasteiger partial charge is 0.452 e. The summed E-state index contributed by atoms with van der Waals surface area (Å²) in [5.41, 5.74) is 6.56. The minimum absolute atomic E-state index is 0.00939. The second kappa shape index (κ2) is 9.46. The Hall–Kier alpha value is -4.01. The van der Waals surface area contributed by atoms with Gasteiger partial charge in [-0.05, 0) is 31.2 Å². The number of para-hydroxylation sites is 1. The van der Waals surface area contributed by atoms with Crippen molar-refractivity contribution in [2.45, 2.75) is 13.3 Å². The summed E-state index contributed by atoms with van der Waals surface area (Å²) >= 11 is 0. The molecule has 2 N–H and O–H groups in total. The number of pyridine rings is 1. The van der Waals surface area contributed by atoms with Crippen LogP contribution in [0.15, 0.2) is 60.9 Å². The van der Waals surface area contributed by atoms with E-state index >= 15 is 0 Å². The van der Waals surface area contributed by atoms with Crippen molar-refractivity contribution in [1.82, 2.24) is 14.8 Å². The molecule has 0 spiro atoms. The van der Waals surface area contributed by atoms with Crippen molar-refractivity contribution in [3.8, 4) is 5.82 Å². The van der Waals surface area contributed by atoms with E-state index in [4.69, 9.17) is 10.5 Å². The monoisotopic (exact) mass is 407 g/mol. The summed E-state index contributed by atoms with van der Waals surface area (Å²) in [5, 5.41) is 4.17. The van der Waals surface area contributed by atoms with Crippen molar-refractivity contribution in [2.24, 2.45) is 5.73 Å². The minimum Gasteiger partial charge on any atom is -0.452 e. The molecule has 2 heterocycles. The number of aromatic nitrogens is 3. The fourth-order valence-electron chi connectivity index (χ4n) is 2.83. The highest BCUT2D eigenvalue weighted by Gasteiger charge is 2.21. The highest BCUT2D eigenvalue weighted by Crippen LogP contribution is 2.16. The van der Waals surface area contributed by atoms with Gasteiger partial charge in [-0.3, -0.25) is 9.59 Å². The molecule has 0 saturated carbocycles. The lowest BCUT2D eigenvalue weighted by atomic mass is 10.2. The molecule has 0 aliphatic rings. The first-order valence-corrected chi connectivity index (χ1v) is 9.24. The zero-order chi connectivity index (χ0) is 21.5. The van der Waals surface area contributed by atoms with Gasteiger partial charge >= 0.3 is 5.97 Å². The maximum Gasteiger partial charge on any atom is 0.342 e. The number of rotatable bonds is 8. The Balaban J connectivity index is 1.69. The van der Waals surface area contributed by atoms with Gasteiger partial charge in [0, 0.05) is 24.8 Å². The van der Waals surface area contributed by atoms with Gasteiger partial charge in [0.05, 0.1) is 11.9 Å². The van der Waals surface area contributed by atoms with Gasteiger partial charge in [-0.15, -0.1) is 0 Å². The predicted molar refractivity (Wildman–Crippen MR) is 109 cm³/mol. The van der Waals surface area contributed by atoms with E-state index in [1.165, 1.54) is 15.8 Å². The van der Waals surface area contributed by atoms with Gasteiger partial charge in [0.15, 0.2) is 12.4 Å². The van der Waals surface area contributed by atoms with Crippen LogP contribution in [0.5, 0.6) is 0 Å². The van der Waals surface area contributed by atoms with E-state index in [1.807, 2.05) is 12.1 Å². The Morgan fingerprint density at radius 3 is 2.50 bits per heavy atom. The summed E-state index contributed by atoms with van der Waals surface area (Å²) in [5.74, 6) is -1.11. The third-order valence-electron chi connectivity index (χ3n) is 4.37. The molecule has 3 rings (SSSR count). The van der Waals surface area contributed by atoms with Crippen molar-refractivity contribution in [3.05, 3.63) is 72.2 Å². The lowest BCUT2D eigenvalue weighted by Crippen LogP contribution is -2.37. The Labute approximate surface area is 173 Å². The average Bonchev–Trinajstić information content (AvgIpc) is 3.14. The molecule has 0 aliphatic heterocycles. The fraction of sp³-hybridized carbons (Fsp3) is 0.190. The van der Waals surface area contributed by atoms with E-state index in [1.54, 1.807) is 49.5 Å². The quantitative estimate of drug-likeness (QED) is 0.567. The van der Waals surface area contributed by atoms with E-state index < -0.39 is 24.4 Å². The second-order valence-electron chi connectivity index (χ2n) is 6.42. The molecular formula is C21H21N5O4. The zero-order valence-electron chi connectivity index (χ0n) is 16.4. The van der Waals surface area contributed by atoms with Crippen LogP contribution in [-0.4, -0.2) is 45.7 Å². The van der Waals surface area contributed by atoms with E-state index in [0.29, 0.717) is 17.2 Å². The molecule has 9 nitrogen and oxygen atoms in total. The van der Waals surface area contributed by atoms with E-state index in [0.717, 1.165) is 0 Å². The smallest absolute Gasteiger partial charge is 0.342 e. The van der Waals surface area contributed by atoms with Crippen molar-refractivity contribution in [2.75, 3.05) is 18.1 Å². The number of primary amides is 1. The molecule has 0 fully saturated rings. The van der Waals surface area contributed by atoms with Crippen LogP contribution in [0.25, 0.3) is 5.82 Å². The molecule has 0 aliphatic carbocycles. The highest BCUT2D eigenvalue weighted by molar-refractivity contribution is 5.97. The van der Waals surface area contributed by atoms with E-state index in [2.05, 4.69) is 10.1 Å². The van der Waals surface area contributed by atoms with Crippen molar-refractivity contribution >= 4 is 23.5 Å². The van der Waals surface area contributed by atoms with Crippen LogP contribution in [0.1, 0.15) is 22.5 Å². The Morgan fingerprint density at radius 2 is 1.83 bits per heavy atom. The number of benzene rings is 1. The molecule has 0 atom stereocenters. The van der Waals surface area contributed by atoms with Crippen molar-refractivity contribution in [1.29, 1.82) is 0 Å². The number of carbonyl (C=O) groups excluding carboxylic acids is 3. The van der Waals surface area contributed by atoms with Gasteiger partial charge in [-0.1, -0.05) is 24.3 Å². The molecule has 154 valence electrons. The lowest BCUT2D eigenvalue weighted by Gasteiger charge is -2.22. The molecule has 9 heteroatoms. The second-order valence-corrected chi connectivity index (χ2v) is 6.42. The molecule has 0 saturated heterocycles. The van der Waals surface area contributed by atoms with Crippen LogP contribution in [-0.2, 0) is 14.3 Å². The van der Waals surface area contributed by atoms with Crippen LogP contribution in [0.3, 0.4) is 0 Å². The minimum atomic E-state index is -0.675. The summed E-state index contributed by atoms with van der Waals surface area (Å²) in [6, 6.07) is 14.1. The van der Waals surface area contributed by atoms with Crippen LogP contribution < -0.4 is 10.6 Å². The third kappa shape index (κ3) is 4.88. The molecule has 2 amide bonds. The molecule has 30 heavy (non-hydrogen) atoms. The first-order chi connectivity index (χ1) is 14.5. The standard InChI is InChI=1S/C21H21N5O4/c1-15-17(13-24-26(15)19-9-5-6-11-23-19)21(29)30-14-20(28)25(12-10-18(22)27)16-7-3-2-4-8-16/h2-9,11,13H,10,12,14H2,1H3,(H2,22,27). The van der Waals surface area contributed by atoms with E-state index in [9.17, 15) is 14.4 Å². The summed E-state index contributed by atoms with van der Waals surface area (Å²) in [4.78, 5) is 41.9. The fourth-order valence-corrected chi connectivity index (χ4v) is 2.83. The topological polar surface area (TPSA) is 120 Å². The maximum atomic E-state index is 12.7. The lowest BCUT2D eigenvalue weighted by molar-refractivity contribution is -0.121. The molecule has 0 radical (unpaired) electrons. The number of anilines is 1. The van der Waals surface area contributed by atoms with Crippen molar-refractivity contribution in [3.63, 3.8) is 0 Å². The Morgan fingerprint density at radius 1 is 1.10 bits per heavy atom. The zero-order valence-corrected chi connectivity index (χ0v) is 16.4. The first kappa shape index (κ1) is 20.7. The van der Waals surface area contributed by atoms with Crippen LogP contribution >= 0.6 is 0 Å². The molecule has 3 aromatic rings. The summed E-state index contributed by atoms with van der Waals surface area (Å²) in [7, 11) is 0. The molecule has 0 unspecified atom stereocenters. The van der Waals surface area contributed by atoms with Gasteiger partial charge in [-0.2, -0.15) is 5.10 Å². The molecule has 2 aromatic heterocycles.